The molecule has 2 rings (SSSR count). The molecule has 1 fully saturated rings. The van der Waals surface area contributed by atoms with E-state index >= 15 is 0 Å². The number of rotatable bonds is 3. The van der Waals surface area contributed by atoms with Crippen LogP contribution in [0.1, 0.15) is 47.8 Å². The standard InChI is InChI=1S/C18H27NO2/c1-12-7-14(3)16(8-13(12)2)17(20)10-19-9-15(4)21-18(5,6)11-19/h7-8,15H,9-11H2,1-6H3. The minimum atomic E-state index is -0.184. The third-order valence-corrected chi connectivity index (χ3v) is 4.15. The Labute approximate surface area is 128 Å². The van der Waals surface area contributed by atoms with Gasteiger partial charge in [0.1, 0.15) is 0 Å². The molecule has 21 heavy (non-hydrogen) atoms. The highest BCUT2D eigenvalue weighted by Gasteiger charge is 2.32. The number of aryl methyl sites for hydroxylation is 3. The van der Waals surface area contributed by atoms with Crippen molar-refractivity contribution in [3.8, 4) is 0 Å². The zero-order valence-electron chi connectivity index (χ0n) is 14.1. The first-order valence-electron chi connectivity index (χ1n) is 7.69. The first-order chi connectivity index (χ1) is 9.68. The van der Waals surface area contributed by atoms with Gasteiger partial charge < -0.3 is 4.74 Å². The summed E-state index contributed by atoms with van der Waals surface area (Å²) in [4.78, 5) is 14.8. The predicted octanol–water partition coefficient (Wildman–Crippen LogP) is 3.29. The van der Waals surface area contributed by atoms with E-state index < -0.39 is 0 Å². The Morgan fingerprint density at radius 3 is 2.48 bits per heavy atom. The minimum Gasteiger partial charge on any atom is -0.370 e. The van der Waals surface area contributed by atoms with Crippen LogP contribution in [0.15, 0.2) is 12.1 Å². The molecule has 1 saturated heterocycles. The molecule has 1 atom stereocenters. The van der Waals surface area contributed by atoms with E-state index in [4.69, 9.17) is 4.74 Å². The van der Waals surface area contributed by atoms with E-state index in [1.54, 1.807) is 0 Å². The van der Waals surface area contributed by atoms with Gasteiger partial charge in [-0.15, -0.1) is 0 Å². The van der Waals surface area contributed by atoms with Crippen molar-refractivity contribution in [1.82, 2.24) is 4.90 Å². The monoisotopic (exact) mass is 289 g/mol. The Hall–Kier alpha value is -1.19. The summed E-state index contributed by atoms with van der Waals surface area (Å²) in [5, 5.41) is 0. The zero-order chi connectivity index (χ0) is 15.8. The number of morpholine rings is 1. The lowest BCUT2D eigenvalue weighted by Crippen LogP contribution is -2.53. The number of benzene rings is 1. The predicted molar refractivity (Wildman–Crippen MR) is 86.0 cm³/mol. The van der Waals surface area contributed by atoms with Crippen LogP contribution >= 0.6 is 0 Å². The van der Waals surface area contributed by atoms with Crippen LogP contribution in [0.4, 0.5) is 0 Å². The van der Waals surface area contributed by atoms with Gasteiger partial charge in [0.15, 0.2) is 5.78 Å². The third-order valence-electron chi connectivity index (χ3n) is 4.15. The fraction of sp³-hybridized carbons (Fsp3) is 0.611. The molecule has 1 aliphatic heterocycles. The van der Waals surface area contributed by atoms with Crippen molar-refractivity contribution in [2.45, 2.75) is 53.2 Å². The molecule has 1 heterocycles. The van der Waals surface area contributed by atoms with E-state index in [9.17, 15) is 4.79 Å². The first kappa shape index (κ1) is 16.2. The molecule has 0 bridgehead atoms. The molecule has 0 amide bonds. The molecule has 1 unspecified atom stereocenters. The molecule has 1 aromatic rings. The van der Waals surface area contributed by atoms with E-state index in [0.29, 0.717) is 6.54 Å². The molecular weight excluding hydrogens is 262 g/mol. The SMILES string of the molecule is Cc1cc(C)c(C(=O)CN2CC(C)OC(C)(C)C2)cc1C. The van der Waals surface area contributed by atoms with Gasteiger partial charge in [0.2, 0.25) is 0 Å². The van der Waals surface area contributed by atoms with Crippen LogP contribution in [0.25, 0.3) is 0 Å². The van der Waals surface area contributed by atoms with E-state index in [1.165, 1.54) is 11.1 Å². The summed E-state index contributed by atoms with van der Waals surface area (Å²) in [7, 11) is 0. The third kappa shape index (κ3) is 3.92. The van der Waals surface area contributed by atoms with Crippen molar-refractivity contribution >= 4 is 5.78 Å². The zero-order valence-corrected chi connectivity index (χ0v) is 14.1. The number of ketones is 1. The van der Waals surface area contributed by atoms with Crippen LogP contribution < -0.4 is 0 Å². The van der Waals surface area contributed by atoms with Crippen molar-refractivity contribution in [3.63, 3.8) is 0 Å². The number of carbonyl (C=O) groups is 1. The Kier molecular flexibility index (Phi) is 4.54. The topological polar surface area (TPSA) is 29.5 Å². The fourth-order valence-electron chi connectivity index (χ4n) is 3.26. The summed E-state index contributed by atoms with van der Waals surface area (Å²) < 4.78 is 5.90. The van der Waals surface area contributed by atoms with Crippen LogP contribution in [0.5, 0.6) is 0 Å². The Balaban J connectivity index is 2.13. The summed E-state index contributed by atoms with van der Waals surface area (Å²) in [6.07, 6.45) is 0.169. The maximum Gasteiger partial charge on any atom is 0.177 e. The average molecular weight is 289 g/mol. The molecule has 0 spiro atoms. The molecule has 3 heteroatoms. The molecule has 1 aliphatic rings. The number of nitrogens with zero attached hydrogens (tertiary/aromatic N) is 1. The molecule has 1 aromatic carbocycles. The Bertz CT molecular complexity index is 548. The quantitative estimate of drug-likeness (QED) is 0.800. The molecule has 0 saturated carbocycles. The van der Waals surface area contributed by atoms with E-state index in [0.717, 1.165) is 24.2 Å². The maximum absolute atomic E-state index is 12.6. The second kappa shape index (κ2) is 5.90. The number of ether oxygens (including phenoxy) is 1. The Morgan fingerprint density at radius 2 is 1.86 bits per heavy atom. The molecule has 116 valence electrons. The van der Waals surface area contributed by atoms with Gasteiger partial charge in [0.05, 0.1) is 18.2 Å². The number of Topliss-reactive ketones (excluding diaryl/α,β-unsaturated/α-hetero) is 1. The van der Waals surface area contributed by atoms with Crippen LogP contribution in [-0.4, -0.2) is 42.0 Å². The van der Waals surface area contributed by atoms with Crippen molar-refractivity contribution in [1.29, 1.82) is 0 Å². The minimum absolute atomic E-state index is 0.169. The van der Waals surface area contributed by atoms with Crippen LogP contribution in [0, 0.1) is 20.8 Å². The van der Waals surface area contributed by atoms with Crippen LogP contribution in [-0.2, 0) is 4.74 Å². The van der Waals surface area contributed by atoms with Crippen LogP contribution in [0.2, 0.25) is 0 Å². The second-order valence-electron chi connectivity index (χ2n) is 7.03. The fourth-order valence-corrected chi connectivity index (χ4v) is 3.26. The average Bonchev–Trinajstić information content (AvgIpc) is 2.30. The molecular formula is C18H27NO2. The largest absolute Gasteiger partial charge is 0.370 e. The Morgan fingerprint density at radius 1 is 1.24 bits per heavy atom. The van der Waals surface area contributed by atoms with Crippen LogP contribution in [0.3, 0.4) is 0 Å². The van der Waals surface area contributed by atoms with Gasteiger partial charge >= 0.3 is 0 Å². The van der Waals surface area contributed by atoms with E-state index in [1.807, 2.05) is 13.0 Å². The maximum atomic E-state index is 12.6. The van der Waals surface area contributed by atoms with Gasteiger partial charge in [-0.05, 0) is 64.3 Å². The second-order valence-corrected chi connectivity index (χ2v) is 7.03. The molecule has 0 aliphatic carbocycles. The summed E-state index contributed by atoms with van der Waals surface area (Å²) in [6.45, 7) is 14.5. The van der Waals surface area contributed by atoms with Gasteiger partial charge in [0.25, 0.3) is 0 Å². The van der Waals surface area contributed by atoms with Crippen molar-refractivity contribution in [3.05, 3.63) is 34.4 Å². The lowest BCUT2D eigenvalue weighted by molar-refractivity contribution is -0.126. The smallest absolute Gasteiger partial charge is 0.177 e. The lowest BCUT2D eigenvalue weighted by Gasteiger charge is -2.41. The highest BCUT2D eigenvalue weighted by Crippen LogP contribution is 2.22. The van der Waals surface area contributed by atoms with Gasteiger partial charge in [-0.25, -0.2) is 0 Å². The molecule has 0 radical (unpaired) electrons. The lowest BCUT2D eigenvalue weighted by atomic mass is 9.97. The van der Waals surface area contributed by atoms with Crippen molar-refractivity contribution < 1.29 is 9.53 Å². The van der Waals surface area contributed by atoms with Crippen molar-refractivity contribution in [2.24, 2.45) is 0 Å². The number of hydrogen-bond acceptors (Lipinski definition) is 3. The highest BCUT2D eigenvalue weighted by atomic mass is 16.5. The number of carbonyl (C=O) groups excluding carboxylic acids is 1. The summed E-state index contributed by atoms with van der Waals surface area (Å²) in [5.41, 5.74) is 4.17. The van der Waals surface area contributed by atoms with E-state index in [2.05, 4.69) is 45.6 Å². The first-order valence-corrected chi connectivity index (χ1v) is 7.69. The summed E-state index contributed by atoms with van der Waals surface area (Å²) >= 11 is 0. The summed E-state index contributed by atoms with van der Waals surface area (Å²) in [5.74, 6) is 0.209. The normalized spacial score (nSPS) is 22.3. The van der Waals surface area contributed by atoms with Gasteiger partial charge in [0, 0.05) is 18.7 Å². The summed E-state index contributed by atoms with van der Waals surface area (Å²) in [6, 6.07) is 4.14. The molecule has 3 nitrogen and oxygen atoms in total. The highest BCUT2D eigenvalue weighted by molar-refractivity contribution is 5.99. The van der Waals surface area contributed by atoms with Crippen molar-refractivity contribution in [2.75, 3.05) is 19.6 Å². The molecule has 0 N–H and O–H groups in total. The number of hydrogen-bond donors (Lipinski definition) is 0. The van der Waals surface area contributed by atoms with E-state index in [-0.39, 0.29) is 17.5 Å². The van der Waals surface area contributed by atoms with Gasteiger partial charge in [-0.1, -0.05) is 6.07 Å². The van der Waals surface area contributed by atoms with Gasteiger partial charge in [-0.3, -0.25) is 9.69 Å². The molecule has 0 aromatic heterocycles. The van der Waals surface area contributed by atoms with Gasteiger partial charge in [-0.2, -0.15) is 0 Å².